The monoisotopic (exact) mass is 383 g/mol. The molecular formula is C16H16F3N5O3. The van der Waals surface area contributed by atoms with E-state index in [0.717, 1.165) is 15.3 Å². The fourth-order valence-corrected chi connectivity index (χ4v) is 2.94. The minimum atomic E-state index is -4.69. The van der Waals surface area contributed by atoms with Gasteiger partial charge in [0.25, 0.3) is 0 Å². The standard InChI is InChI=1S/C16H16F3N5O3/c1-9-2-4-10(5-3-9)14-20-22-24(21-14)8-13(25)23-6-11(15(26)27)12(7-23)16(17,18)19/h2-5,11-12H,6-8H2,1H3,(H,26,27)/t11-,12-/m1/s1. The summed E-state index contributed by atoms with van der Waals surface area (Å²) >= 11 is 0. The average Bonchev–Trinajstić information content (AvgIpc) is 3.22. The number of carboxylic acids is 1. The van der Waals surface area contributed by atoms with Gasteiger partial charge in [0.1, 0.15) is 6.54 Å². The van der Waals surface area contributed by atoms with Crippen LogP contribution < -0.4 is 0 Å². The van der Waals surface area contributed by atoms with Crippen LogP contribution in [0.4, 0.5) is 13.2 Å². The molecule has 2 atom stereocenters. The predicted molar refractivity (Wildman–Crippen MR) is 85.2 cm³/mol. The second kappa shape index (κ2) is 6.97. The summed E-state index contributed by atoms with van der Waals surface area (Å²) in [5.74, 6) is -5.76. The summed E-state index contributed by atoms with van der Waals surface area (Å²) < 4.78 is 39.0. The first-order chi connectivity index (χ1) is 12.6. The lowest BCUT2D eigenvalue weighted by atomic mass is 9.96. The lowest BCUT2D eigenvalue weighted by molar-refractivity contribution is -0.188. The van der Waals surface area contributed by atoms with Crippen LogP contribution in [-0.2, 0) is 16.1 Å². The molecule has 1 aliphatic rings. The minimum absolute atomic E-state index is 0.279. The Kier molecular flexibility index (Phi) is 4.85. The predicted octanol–water partition coefficient (Wildman–Crippen LogP) is 1.37. The molecule has 1 aromatic carbocycles. The summed E-state index contributed by atoms with van der Waals surface area (Å²) in [6.45, 7) is 0.299. The van der Waals surface area contributed by atoms with Gasteiger partial charge in [0, 0.05) is 18.7 Å². The van der Waals surface area contributed by atoms with Crippen molar-refractivity contribution >= 4 is 11.9 Å². The second-order valence-corrected chi connectivity index (χ2v) is 6.40. The molecule has 1 N–H and O–H groups in total. The highest BCUT2D eigenvalue weighted by Crippen LogP contribution is 2.37. The van der Waals surface area contributed by atoms with Crippen LogP contribution in [0.1, 0.15) is 5.56 Å². The molecule has 0 spiro atoms. The maximum absolute atomic E-state index is 13.0. The molecule has 3 rings (SSSR count). The lowest BCUT2D eigenvalue weighted by Gasteiger charge is -2.18. The number of halogens is 3. The van der Waals surface area contributed by atoms with E-state index in [1.54, 1.807) is 12.1 Å². The zero-order valence-corrected chi connectivity index (χ0v) is 14.2. The number of carbonyl (C=O) groups is 2. The van der Waals surface area contributed by atoms with Crippen LogP contribution in [0.5, 0.6) is 0 Å². The van der Waals surface area contributed by atoms with E-state index >= 15 is 0 Å². The van der Waals surface area contributed by atoms with Gasteiger partial charge in [0.15, 0.2) is 0 Å². The van der Waals surface area contributed by atoms with E-state index in [1.165, 1.54) is 0 Å². The van der Waals surface area contributed by atoms with Crippen LogP contribution in [0.2, 0.25) is 0 Å². The van der Waals surface area contributed by atoms with Gasteiger partial charge in [-0.05, 0) is 12.1 Å². The Bertz CT molecular complexity index is 850. The summed E-state index contributed by atoms with van der Waals surface area (Å²) in [4.78, 5) is 25.2. The molecule has 0 saturated carbocycles. The smallest absolute Gasteiger partial charge is 0.394 e. The van der Waals surface area contributed by atoms with Crippen LogP contribution >= 0.6 is 0 Å². The van der Waals surface area contributed by atoms with Gasteiger partial charge in [-0.3, -0.25) is 9.59 Å². The molecule has 1 fully saturated rings. The fraction of sp³-hybridized carbons (Fsp3) is 0.438. The van der Waals surface area contributed by atoms with E-state index in [-0.39, 0.29) is 5.82 Å². The molecule has 8 nitrogen and oxygen atoms in total. The summed E-state index contributed by atoms with van der Waals surface area (Å²) in [6, 6.07) is 7.28. The van der Waals surface area contributed by atoms with E-state index in [9.17, 15) is 22.8 Å². The molecule has 2 aromatic rings. The van der Waals surface area contributed by atoms with Gasteiger partial charge in [-0.15, -0.1) is 10.2 Å². The number of aromatic nitrogens is 4. The Labute approximate surface area is 151 Å². The first kappa shape index (κ1) is 18.8. The quantitative estimate of drug-likeness (QED) is 0.856. The second-order valence-electron chi connectivity index (χ2n) is 6.40. The molecular weight excluding hydrogens is 367 g/mol. The summed E-state index contributed by atoms with van der Waals surface area (Å²) in [5.41, 5.74) is 1.73. The molecule has 0 unspecified atom stereocenters. The third-order valence-corrected chi connectivity index (χ3v) is 4.45. The third-order valence-electron chi connectivity index (χ3n) is 4.45. The number of carboxylic acid groups (broad SMARTS) is 1. The van der Waals surface area contributed by atoms with E-state index in [4.69, 9.17) is 5.11 Å². The first-order valence-corrected chi connectivity index (χ1v) is 8.07. The van der Waals surface area contributed by atoms with Gasteiger partial charge in [0.2, 0.25) is 11.7 Å². The number of alkyl halides is 3. The Balaban J connectivity index is 1.69. The van der Waals surface area contributed by atoms with Crippen LogP contribution in [0.15, 0.2) is 24.3 Å². The number of likely N-dealkylation sites (tertiary alicyclic amines) is 1. The number of aliphatic carboxylic acids is 1. The highest BCUT2D eigenvalue weighted by Gasteiger charge is 2.53. The van der Waals surface area contributed by atoms with Crippen molar-refractivity contribution < 1.29 is 27.9 Å². The van der Waals surface area contributed by atoms with E-state index < -0.39 is 49.5 Å². The summed E-state index contributed by atoms with van der Waals surface area (Å²) in [6.07, 6.45) is -4.69. The third kappa shape index (κ3) is 4.07. The van der Waals surface area contributed by atoms with Crippen LogP contribution in [-0.4, -0.2) is 61.4 Å². The number of amides is 1. The van der Waals surface area contributed by atoms with Crippen LogP contribution in [0.3, 0.4) is 0 Å². The maximum Gasteiger partial charge on any atom is 0.394 e. The Hall–Kier alpha value is -2.98. The maximum atomic E-state index is 13.0. The molecule has 0 radical (unpaired) electrons. The van der Waals surface area contributed by atoms with Gasteiger partial charge < -0.3 is 10.0 Å². The lowest BCUT2D eigenvalue weighted by Crippen LogP contribution is -2.35. The zero-order valence-electron chi connectivity index (χ0n) is 14.2. The van der Waals surface area contributed by atoms with E-state index in [0.29, 0.717) is 5.56 Å². The molecule has 27 heavy (non-hydrogen) atoms. The summed E-state index contributed by atoms with van der Waals surface area (Å²) in [5, 5.41) is 20.6. The van der Waals surface area contributed by atoms with Gasteiger partial charge >= 0.3 is 12.1 Å². The minimum Gasteiger partial charge on any atom is -0.481 e. The van der Waals surface area contributed by atoms with Crippen molar-refractivity contribution in [3.8, 4) is 11.4 Å². The average molecular weight is 383 g/mol. The van der Waals surface area contributed by atoms with Gasteiger partial charge in [-0.2, -0.15) is 18.0 Å². The number of nitrogens with zero attached hydrogens (tertiary/aromatic N) is 5. The highest BCUT2D eigenvalue weighted by molar-refractivity contribution is 5.78. The van der Waals surface area contributed by atoms with Crippen molar-refractivity contribution in [2.75, 3.05) is 13.1 Å². The molecule has 0 bridgehead atoms. The number of rotatable bonds is 4. The number of tetrazole rings is 1. The molecule has 11 heteroatoms. The largest absolute Gasteiger partial charge is 0.481 e. The van der Waals surface area contributed by atoms with Crippen molar-refractivity contribution in [2.45, 2.75) is 19.6 Å². The first-order valence-electron chi connectivity index (χ1n) is 8.07. The Morgan fingerprint density at radius 2 is 1.89 bits per heavy atom. The molecule has 1 aromatic heterocycles. The topological polar surface area (TPSA) is 101 Å². The normalized spacial score (nSPS) is 20.1. The van der Waals surface area contributed by atoms with Crippen LogP contribution in [0, 0.1) is 18.8 Å². The van der Waals surface area contributed by atoms with Gasteiger partial charge in [0.05, 0.1) is 11.8 Å². The van der Waals surface area contributed by atoms with Crippen molar-refractivity contribution in [1.82, 2.24) is 25.1 Å². The fourth-order valence-electron chi connectivity index (χ4n) is 2.94. The number of benzene rings is 1. The van der Waals surface area contributed by atoms with Crippen molar-refractivity contribution in [3.05, 3.63) is 29.8 Å². The SMILES string of the molecule is Cc1ccc(-c2nnn(CC(=O)N3C[C@@H](C(F)(F)F)[C@H](C(=O)O)C3)n2)cc1. The number of hydrogen-bond donors (Lipinski definition) is 1. The van der Waals surface area contributed by atoms with E-state index in [1.807, 2.05) is 19.1 Å². The van der Waals surface area contributed by atoms with Gasteiger partial charge in [-0.1, -0.05) is 29.8 Å². The molecule has 2 heterocycles. The Morgan fingerprint density at radius 1 is 1.22 bits per heavy atom. The zero-order chi connectivity index (χ0) is 19.8. The molecule has 1 aliphatic heterocycles. The highest BCUT2D eigenvalue weighted by atomic mass is 19.4. The molecule has 1 saturated heterocycles. The number of carbonyl (C=O) groups excluding carboxylic acids is 1. The van der Waals surface area contributed by atoms with Crippen LogP contribution in [0.25, 0.3) is 11.4 Å². The molecule has 144 valence electrons. The van der Waals surface area contributed by atoms with Gasteiger partial charge in [-0.25, -0.2) is 0 Å². The number of aryl methyl sites for hydroxylation is 1. The van der Waals surface area contributed by atoms with Crippen molar-refractivity contribution in [3.63, 3.8) is 0 Å². The van der Waals surface area contributed by atoms with Crippen molar-refractivity contribution in [1.29, 1.82) is 0 Å². The van der Waals surface area contributed by atoms with E-state index in [2.05, 4.69) is 15.4 Å². The number of hydrogen-bond acceptors (Lipinski definition) is 5. The molecule has 1 amide bonds. The summed E-state index contributed by atoms with van der Waals surface area (Å²) in [7, 11) is 0. The van der Waals surface area contributed by atoms with Crippen molar-refractivity contribution in [2.24, 2.45) is 11.8 Å². The Morgan fingerprint density at radius 3 is 2.44 bits per heavy atom. The molecule has 0 aliphatic carbocycles.